The summed E-state index contributed by atoms with van der Waals surface area (Å²) >= 11 is 0. The summed E-state index contributed by atoms with van der Waals surface area (Å²) in [5.41, 5.74) is 1.93. The van der Waals surface area contributed by atoms with Crippen molar-refractivity contribution in [3.05, 3.63) is 47.2 Å². The second-order valence-electron chi connectivity index (χ2n) is 5.49. The van der Waals surface area contributed by atoms with Gasteiger partial charge in [0.25, 0.3) is 0 Å². The van der Waals surface area contributed by atoms with Crippen molar-refractivity contribution in [2.75, 3.05) is 7.11 Å². The van der Waals surface area contributed by atoms with Gasteiger partial charge in [-0.15, -0.1) is 0 Å². The van der Waals surface area contributed by atoms with E-state index in [1.807, 2.05) is 30.3 Å². The fraction of sp³-hybridized carbons (Fsp3) is 0.353. The molecule has 0 spiro atoms. The SMILES string of the molecule is COc1c(C(CC(=O)O)NC(=O)OCc2ccccc2)c(C)nn1C. The summed E-state index contributed by atoms with van der Waals surface area (Å²) in [4.78, 5) is 23.3. The van der Waals surface area contributed by atoms with Crippen molar-refractivity contribution >= 4 is 12.1 Å². The van der Waals surface area contributed by atoms with Crippen molar-refractivity contribution in [2.45, 2.75) is 26.0 Å². The van der Waals surface area contributed by atoms with E-state index in [0.717, 1.165) is 5.56 Å². The number of hydrogen-bond acceptors (Lipinski definition) is 5. The minimum Gasteiger partial charge on any atom is -0.481 e. The summed E-state index contributed by atoms with van der Waals surface area (Å²) in [5, 5.41) is 16.0. The molecule has 134 valence electrons. The molecule has 8 nitrogen and oxygen atoms in total. The van der Waals surface area contributed by atoms with Crippen molar-refractivity contribution in [3.8, 4) is 5.88 Å². The molecule has 25 heavy (non-hydrogen) atoms. The Kier molecular flexibility index (Phi) is 5.99. The zero-order chi connectivity index (χ0) is 18.4. The van der Waals surface area contributed by atoms with Gasteiger partial charge in [-0.25, -0.2) is 9.48 Å². The smallest absolute Gasteiger partial charge is 0.407 e. The second kappa shape index (κ2) is 8.18. The molecule has 1 aromatic heterocycles. The number of aryl methyl sites for hydroxylation is 2. The zero-order valence-corrected chi connectivity index (χ0v) is 14.4. The van der Waals surface area contributed by atoms with Crippen LogP contribution >= 0.6 is 0 Å². The maximum Gasteiger partial charge on any atom is 0.407 e. The molecule has 0 radical (unpaired) electrons. The molecule has 1 heterocycles. The number of ether oxygens (including phenoxy) is 2. The number of carboxylic acids is 1. The van der Waals surface area contributed by atoms with Gasteiger partial charge >= 0.3 is 12.1 Å². The van der Waals surface area contributed by atoms with E-state index in [4.69, 9.17) is 14.6 Å². The number of methoxy groups -OCH3 is 1. The van der Waals surface area contributed by atoms with Crippen LogP contribution in [-0.4, -0.2) is 34.1 Å². The first-order valence-electron chi connectivity index (χ1n) is 7.68. The summed E-state index contributed by atoms with van der Waals surface area (Å²) in [6.45, 7) is 1.82. The Morgan fingerprint density at radius 3 is 2.60 bits per heavy atom. The van der Waals surface area contributed by atoms with E-state index in [9.17, 15) is 9.59 Å². The third-order valence-electron chi connectivity index (χ3n) is 3.64. The number of rotatable bonds is 7. The Labute approximate surface area is 145 Å². The van der Waals surface area contributed by atoms with Gasteiger partial charge in [0.05, 0.1) is 30.8 Å². The Morgan fingerprint density at radius 2 is 2.00 bits per heavy atom. The standard InChI is InChI=1S/C17H21N3O5/c1-11-15(16(24-3)20(2)19-11)13(9-14(21)22)18-17(23)25-10-12-7-5-4-6-8-12/h4-8,13H,9-10H2,1-3H3,(H,18,23)(H,21,22). The number of carboxylic acid groups (broad SMARTS) is 1. The predicted octanol–water partition coefficient (Wildman–Crippen LogP) is 2.18. The van der Waals surface area contributed by atoms with Crippen LogP contribution in [0.5, 0.6) is 5.88 Å². The first-order valence-corrected chi connectivity index (χ1v) is 7.68. The maximum atomic E-state index is 12.1. The molecule has 0 fully saturated rings. The fourth-order valence-corrected chi connectivity index (χ4v) is 2.60. The van der Waals surface area contributed by atoms with Crippen molar-refractivity contribution in [1.29, 1.82) is 0 Å². The molecular formula is C17H21N3O5. The van der Waals surface area contributed by atoms with Gasteiger partial charge in [-0.05, 0) is 12.5 Å². The first kappa shape index (κ1) is 18.3. The lowest BCUT2D eigenvalue weighted by Gasteiger charge is -2.18. The lowest BCUT2D eigenvalue weighted by atomic mass is 10.0. The highest BCUT2D eigenvalue weighted by atomic mass is 16.5. The monoisotopic (exact) mass is 347 g/mol. The number of hydrogen-bond donors (Lipinski definition) is 2. The quantitative estimate of drug-likeness (QED) is 0.796. The number of benzene rings is 1. The van der Waals surface area contributed by atoms with Gasteiger partial charge in [-0.3, -0.25) is 4.79 Å². The lowest BCUT2D eigenvalue weighted by molar-refractivity contribution is -0.137. The number of carbonyl (C=O) groups excluding carboxylic acids is 1. The molecule has 0 aliphatic carbocycles. The molecule has 1 unspecified atom stereocenters. The largest absolute Gasteiger partial charge is 0.481 e. The van der Waals surface area contributed by atoms with E-state index in [1.54, 1.807) is 14.0 Å². The van der Waals surface area contributed by atoms with Crippen molar-refractivity contribution in [1.82, 2.24) is 15.1 Å². The number of nitrogens with one attached hydrogen (secondary N) is 1. The van der Waals surface area contributed by atoms with E-state index < -0.39 is 18.1 Å². The number of carbonyl (C=O) groups is 2. The number of aliphatic carboxylic acids is 1. The summed E-state index contributed by atoms with van der Waals surface area (Å²) in [5.74, 6) is -0.661. The van der Waals surface area contributed by atoms with Crippen molar-refractivity contribution in [2.24, 2.45) is 7.05 Å². The highest BCUT2D eigenvalue weighted by Crippen LogP contribution is 2.30. The fourth-order valence-electron chi connectivity index (χ4n) is 2.60. The summed E-state index contributed by atoms with van der Waals surface area (Å²) in [7, 11) is 3.15. The molecule has 0 aliphatic heterocycles. The minimum absolute atomic E-state index is 0.0929. The summed E-state index contributed by atoms with van der Waals surface area (Å²) in [6, 6.07) is 8.39. The normalized spacial score (nSPS) is 11.6. The molecule has 2 rings (SSSR count). The molecule has 0 bridgehead atoms. The van der Waals surface area contributed by atoms with Gasteiger partial charge in [0.15, 0.2) is 0 Å². The molecule has 1 atom stereocenters. The van der Waals surface area contributed by atoms with Crippen LogP contribution in [0, 0.1) is 6.92 Å². The van der Waals surface area contributed by atoms with Gasteiger partial charge in [-0.2, -0.15) is 5.10 Å². The molecule has 0 saturated heterocycles. The van der Waals surface area contributed by atoms with Crippen LogP contribution in [-0.2, 0) is 23.2 Å². The Morgan fingerprint density at radius 1 is 1.32 bits per heavy atom. The lowest BCUT2D eigenvalue weighted by Crippen LogP contribution is -2.31. The number of aromatic nitrogens is 2. The van der Waals surface area contributed by atoms with Gasteiger partial charge < -0.3 is 19.9 Å². The second-order valence-corrected chi connectivity index (χ2v) is 5.49. The van der Waals surface area contributed by atoms with E-state index in [-0.39, 0.29) is 13.0 Å². The molecule has 2 aromatic rings. The predicted molar refractivity (Wildman–Crippen MR) is 89.3 cm³/mol. The van der Waals surface area contributed by atoms with E-state index in [1.165, 1.54) is 11.8 Å². The molecule has 8 heteroatoms. The van der Waals surface area contributed by atoms with E-state index in [0.29, 0.717) is 17.1 Å². The van der Waals surface area contributed by atoms with Crippen LogP contribution in [0.3, 0.4) is 0 Å². The average Bonchev–Trinajstić information content (AvgIpc) is 2.86. The van der Waals surface area contributed by atoms with Crippen LogP contribution in [0.25, 0.3) is 0 Å². The Bertz CT molecular complexity index is 742. The number of amides is 1. The summed E-state index contributed by atoms with van der Waals surface area (Å²) < 4.78 is 12.0. The zero-order valence-electron chi connectivity index (χ0n) is 14.4. The van der Waals surface area contributed by atoms with Crippen LogP contribution in [0.4, 0.5) is 4.79 Å². The average molecular weight is 347 g/mol. The molecular weight excluding hydrogens is 326 g/mol. The highest BCUT2D eigenvalue weighted by molar-refractivity contribution is 5.72. The van der Waals surface area contributed by atoms with Gasteiger partial charge in [0.1, 0.15) is 6.61 Å². The Balaban J connectivity index is 2.12. The van der Waals surface area contributed by atoms with E-state index in [2.05, 4.69) is 10.4 Å². The van der Waals surface area contributed by atoms with Crippen LogP contribution < -0.4 is 10.1 Å². The topological polar surface area (TPSA) is 103 Å². The van der Waals surface area contributed by atoms with Crippen LogP contribution in [0.1, 0.15) is 29.3 Å². The van der Waals surface area contributed by atoms with Crippen LogP contribution in [0.2, 0.25) is 0 Å². The van der Waals surface area contributed by atoms with Gasteiger partial charge in [0, 0.05) is 7.05 Å². The first-order chi connectivity index (χ1) is 11.9. The van der Waals surface area contributed by atoms with Crippen molar-refractivity contribution in [3.63, 3.8) is 0 Å². The maximum absolute atomic E-state index is 12.1. The van der Waals surface area contributed by atoms with Crippen LogP contribution in [0.15, 0.2) is 30.3 Å². The molecule has 0 aliphatic rings. The highest BCUT2D eigenvalue weighted by Gasteiger charge is 2.27. The molecule has 1 amide bonds. The number of alkyl carbamates (subject to hydrolysis) is 1. The minimum atomic E-state index is -1.06. The van der Waals surface area contributed by atoms with Gasteiger partial charge in [0.2, 0.25) is 5.88 Å². The molecule has 2 N–H and O–H groups in total. The van der Waals surface area contributed by atoms with E-state index >= 15 is 0 Å². The Hall–Kier alpha value is -3.03. The molecule has 0 saturated carbocycles. The van der Waals surface area contributed by atoms with Gasteiger partial charge in [-0.1, -0.05) is 30.3 Å². The summed E-state index contributed by atoms with van der Waals surface area (Å²) in [6.07, 6.45) is -1.02. The molecule has 1 aromatic carbocycles. The third kappa shape index (κ3) is 4.72. The van der Waals surface area contributed by atoms with Crippen molar-refractivity contribution < 1.29 is 24.2 Å². The third-order valence-corrected chi connectivity index (χ3v) is 3.64. The number of nitrogens with zero attached hydrogens (tertiary/aromatic N) is 2.